The van der Waals surface area contributed by atoms with E-state index < -0.39 is 0 Å². The molecule has 1 aromatic heterocycles. The average molecular weight is 313 g/mol. The Bertz CT molecular complexity index is 746. The van der Waals surface area contributed by atoms with Crippen LogP contribution in [0.2, 0.25) is 0 Å². The molecule has 3 rings (SSSR count). The van der Waals surface area contributed by atoms with Gasteiger partial charge < -0.3 is 9.73 Å². The van der Waals surface area contributed by atoms with Gasteiger partial charge in [0.05, 0.1) is 23.4 Å². The van der Waals surface area contributed by atoms with E-state index in [0.717, 1.165) is 4.90 Å². The summed E-state index contributed by atoms with van der Waals surface area (Å²) in [5.74, 6) is -0.446. The molecule has 1 aliphatic rings. The molecular formula is C16H15N3O4. The minimum absolute atomic E-state index is 0.0440. The summed E-state index contributed by atoms with van der Waals surface area (Å²) in [6.45, 7) is 2.02. The number of hydrogen-bond acceptors (Lipinski definition) is 5. The first-order valence-corrected chi connectivity index (χ1v) is 7.19. The minimum atomic E-state index is -0.356. The lowest BCUT2D eigenvalue weighted by molar-refractivity contribution is -0.121. The van der Waals surface area contributed by atoms with Crippen molar-refractivity contribution >= 4 is 17.7 Å². The van der Waals surface area contributed by atoms with E-state index in [1.165, 1.54) is 6.26 Å². The Kier molecular flexibility index (Phi) is 3.92. The topological polar surface area (TPSA) is 92.5 Å². The van der Waals surface area contributed by atoms with Crippen LogP contribution in [-0.4, -0.2) is 34.2 Å². The Morgan fingerprint density at radius 1 is 1.22 bits per heavy atom. The van der Waals surface area contributed by atoms with Gasteiger partial charge in [-0.15, -0.1) is 0 Å². The Hall–Kier alpha value is -2.96. The predicted octanol–water partition coefficient (Wildman–Crippen LogP) is 1.29. The third-order valence-electron chi connectivity index (χ3n) is 3.57. The van der Waals surface area contributed by atoms with E-state index in [2.05, 4.69) is 10.3 Å². The fourth-order valence-corrected chi connectivity index (χ4v) is 2.42. The maximum atomic E-state index is 12.2. The zero-order valence-electron chi connectivity index (χ0n) is 12.5. The molecule has 0 aliphatic carbocycles. The van der Waals surface area contributed by atoms with Gasteiger partial charge in [0.15, 0.2) is 5.89 Å². The van der Waals surface area contributed by atoms with Crippen LogP contribution in [0.25, 0.3) is 0 Å². The monoisotopic (exact) mass is 313 g/mol. The van der Waals surface area contributed by atoms with E-state index in [0.29, 0.717) is 22.7 Å². The van der Waals surface area contributed by atoms with Crippen LogP contribution in [0.1, 0.15) is 38.7 Å². The number of imide groups is 1. The number of hydrogen-bond donors (Lipinski definition) is 1. The van der Waals surface area contributed by atoms with Gasteiger partial charge >= 0.3 is 0 Å². The summed E-state index contributed by atoms with van der Waals surface area (Å²) in [6, 6.07) is 6.64. The van der Waals surface area contributed by atoms with E-state index in [9.17, 15) is 14.4 Å². The second-order valence-electron chi connectivity index (χ2n) is 5.19. The molecule has 0 atom stereocenters. The molecular weight excluding hydrogens is 298 g/mol. The first-order chi connectivity index (χ1) is 11.1. The van der Waals surface area contributed by atoms with Crippen molar-refractivity contribution in [2.45, 2.75) is 19.9 Å². The lowest BCUT2D eigenvalue weighted by Gasteiger charge is -2.13. The Morgan fingerprint density at radius 2 is 1.87 bits per heavy atom. The lowest BCUT2D eigenvalue weighted by atomic mass is 10.1. The van der Waals surface area contributed by atoms with Gasteiger partial charge in [0.1, 0.15) is 6.26 Å². The molecule has 0 unspecified atom stereocenters. The van der Waals surface area contributed by atoms with Crippen molar-refractivity contribution in [3.8, 4) is 0 Å². The molecule has 0 fully saturated rings. The van der Waals surface area contributed by atoms with Crippen molar-refractivity contribution in [2.75, 3.05) is 6.54 Å². The number of fused-ring (bicyclic) bond motifs is 1. The number of aromatic nitrogens is 1. The fraction of sp³-hybridized carbons (Fsp3) is 0.250. The van der Waals surface area contributed by atoms with Crippen molar-refractivity contribution in [1.82, 2.24) is 15.2 Å². The summed E-state index contributed by atoms with van der Waals surface area (Å²) >= 11 is 0. The van der Waals surface area contributed by atoms with Crippen LogP contribution in [0.5, 0.6) is 0 Å². The van der Waals surface area contributed by atoms with E-state index in [1.54, 1.807) is 31.2 Å². The number of nitrogens with zero attached hydrogens (tertiary/aromatic N) is 2. The molecule has 7 heteroatoms. The highest BCUT2D eigenvalue weighted by molar-refractivity contribution is 6.21. The van der Waals surface area contributed by atoms with Crippen molar-refractivity contribution in [1.29, 1.82) is 0 Å². The van der Waals surface area contributed by atoms with Gasteiger partial charge in [0.2, 0.25) is 5.91 Å². The largest absolute Gasteiger partial charge is 0.449 e. The van der Waals surface area contributed by atoms with Crippen LogP contribution in [0.4, 0.5) is 0 Å². The van der Waals surface area contributed by atoms with Gasteiger partial charge in [-0.1, -0.05) is 12.1 Å². The molecule has 0 saturated carbocycles. The highest BCUT2D eigenvalue weighted by Crippen LogP contribution is 2.22. The average Bonchev–Trinajstić information content (AvgIpc) is 3.07. The number of nitrogens with one attached hydrogen (secondary N) is 1. The minimum Gasteiger partial charge on any atom is -0.449 e. The third-order valence-corrected chi connectivity index (χ3v) is 3.57. The lowest BCUT2D eigenvalue weighted by Crippen LogP contribution is -2.34. The summed E-state index contributed by atoms with van der Waals surface area (Å²) in [7, 11) is 0. The quantitative estimate of drug-likeness (QED) is 0.840. The van der Waals surface area contributed by atoms with Gasteiger partial charge in [-0.05, 0) is 12.1 Å². The highest BCUT2D eigenvalue weighted by Gasteiger charge is 2.34. The molecule has 0 saturated heterocycles. The molecule has 23 heavy (non-hydrogen) atoms. The molecule has 118 valence electrons. The first kappa shape index (κ1) is 15.0. The van der Waals surface area contributed by atoms with Gasteiger partial charge in [-0.2, -0.15) is 0 Å². The van der Waals surface area contributed by atoms with Gasteiger partial charge in [0, 0.05) is 19.9 Å². The Morgan fingerprint density at radius 3 is 2.43 bits per heavy atom. The maximum absolute atomic E-state index is 12.2. The van der Waals surface area contributed by atoms with Crippen LogP contribution < -0.4 is 5.32 Å². The second kappa shape index (κ2) is 6.04. The zero-order valence-corrected chi connectivity index (χ0v) is 12.5. The smallest absolute Gasteiger partial charge is 0.261 e. The number of amides is 3. The first-order valence-electron chi connectivity index (χ1n) is 7.19. The Balaban J connectivity index is 1.54. The second-order valence-corrected chi connectivity index (χ2v) is 5.19. The predicted molar refractivity (Wildman–Crippen MR) is 79.5 cm³/mol. The van der Waals surface area contributed by atoms with Crippen LogP contribution in [0.15, 0.2) is 34.9 Å². The zero-order chi connectivity index (χ0) is 16.4. The SMILES string of the molecule is Cc1nc(CNC(=O)CCN2C(=O)c3ccccc3C2=O)co1. The van der Waals surface area contributed by atoms with Crippen LogP contribution in [0, 0.1) is 6.92 Å². The molecule has 7 nitrogen and oxygen atoms in total. The van der Waals surface area contributed by atoms with Crippen LogP contribution in [0.3, 0.4) is 0 Å². The van der Waals surface area contributed by atoms with E-state index in [1.807, 2.05) is 0 Å². The van der Waals surface area contributed by atoms with Gasteiger partial charge in [0.25, 0.3) is 11.8 Å². The number of rotatable bonds is 5. The molecule has 1 aliphatic heterocycles. The number of carbonyl (C=O) groups excluding carboxylic acids is 3. The van der Waals surface area contributed by atoms with E-state index in [4.69, 9.17) is 4.42 Å². The molecule has 2 aromatic rings. The summed E-state index contributed by atoms with van der Waals surface area (Å²) in [4.78, 5) is 41.3. The van der Waals surface area contributed by atoms with Crippen molar-refractivity contribution in [3.63, 3.8) is 0 Å². The Labute approximate surface area is 132 Å². The summed E-state index contributed by atoms with van der Waals surface area (Å²) in [5.41, 5.74) is 1.39. The molecule has 3 amide bonds. The van der Waals surface area contributed by atoms with Crippen molar-refractivity contribution < 1.29 is 18.8 Å². The number of benzene rings is 1. The molecule has 0 bridgehead atoms. The summed E-state index contributed by atoms with van der Waals surface area (Å²) in [5, 5.41) is 2.68. The molecule has 1 aromatic carbocycles. The fourth-order valence-electron chi connectivity index (χ4n) is 2.42. The van der Waals surface area contributed by atoms with E-state index in [-0.39, 0.29) is 37.2 Å². The van der Waals surface area contributed by atoms with Crippen LogP contribution >= 0.6 is 0 Å². The van der Waals surface area contributed by atoms with Crippen LogP contribution in [-0.2, 0) is 11.3 Å². The van der Waals surface area contributed by atoms with E-state index >= 15 is 0 Å². The summed E-state index contributed by atoms with van der Waals surface area (Å²) in [6.07, 6.45) is 1.52. The number of aryl methyl sites for hydroxylation is 1. The third kappa shape index (κ3) is 2.98. The van der Waals surface area contributed by atoms with Gasteiger partial charge in [-0.25, -0.2) is 4.98 Å². The highest BCUT2D eigenvalue weighted by atomic mass is 16.3. The molecule has 2 heterocycles. The molecule has 1 N–H and O–H groups in total. The maximum Gasteiger partial charge on any atom is 0.261 e. The van der Waals surface area contributed by atoms with Gasteiger partial charge in [-0.3, -0.25) is 19.3 Å². The number of carbonyl (C=O) groups is 3. The molecule has 0 radical (unpaired) electrons. The van der Waals surface area contributed by atoms with Crippen molar-refractivity contribution in [3.05, 3.63) is 53.2 Å². The standard InChI is InChI=1S/C16H15N3O4/c1-10-18-11(9-23-10)8-17-14(20)6-7-19-15(21)12-4-2-3-5-13(12)16(19)22/h2-5,9H,6-8H2,1H3,(H,17,20). The molecule has 0 spiro atoms. The normalized spacial score (nSPS) is 13.3. The summed E-state index contributed by atoms with van der Waals surface area (Å²) < 4.78 is 5.04. The van der Waals surface area contributed by atoms with Crippen molar-refractivity contribution in [2.24, 2.45) is 0 Å². The number of oxazole rings is 1.